The van der Waals surface area contributed by atoms with Crippen molar-refractivity contribution >= 4 is 17.5 Å². The van der Waals surface area contributed by atoms with Gasteiger partial charge >= 0.3 is 0 Å². The van der Waals surface area contributed by atoms with Crippen LogP contribution in [0.4, 0.5) is 0 Å². The molecule has 0 radical (unpaired) electrons. The third kappa shape index (κ3) is 2.63. The van der Waals surface area contributed by atoms with E-state index < -0.39 is 0 Å². The fourth-order valence-electron chi connectivity index (χ4n) is 2.37. The summed E-state index contributed by atoms with van der Waals surface area (Å²) in [7, 11) is 0. The third-order valence-electron chi connectivity index (χ3n) is 3.66. The lowest BCUT2D eigenvalue weighted by atomic mass is 10.1. The number of hydrogen-bond donors (Lipinski definition) is 1. The van der Waals surface area contributed by atoms with E-state index in [1.54, 1.807) is 24.3 Å². The Hall–Kier alpha value is -1.02. The molecule has 2 saturated carbocycles. The van der Waals surface area contributed by atoms with E-state index in [1.165, 1.54) is 25.7 Å². The number of hydrogen-bond acceptors (Lipinski definition) is 1. The van der Waals surface area contributed by atoms with E-state index in [2.05, 4.69) is 5.32 Å². The van der Waals surface area contributed by atoms with Gasteiger partial charge in [-0.15, -0.1) is 0 Å². The van der Waals surface area contributed by atoms with Crippen LogP contribution in [0.25, 0.3) is 0 Å². The van der Waals surface area contributed by atoms with Gasteiger partial charge in [-0.25, -0.2) is 0 Å². The van der Waals surface area contributed by atoms with Crippen molar-refractivity contribution in [2.24, 2.45) is 11.8 Å². The van der Waals surface area contributed by atoms with Crippen molar-refractivity contribution in [3.8, 4) is 0 Å². The van der Waals surface area contributed by atoms with Gasteiger partial charge in [-0.2, -0.15) is 0 Å². The molecule has 17 heavy (non-hydrogen) atoms. The first kappa shape index (κ1) is 11.1. The van der Waals surface area contributed by atoms with E-state index in [-0.39, 0.29) is 5.91 Å². The van der Waals surface area contributed by atoms with E-state index in [1.807, 2.05) is 0 Å². The second-order valence-corrected chi connectivity index (χ2v) is 5.62. The Morgan fingerprint density at radius 1 is 1.12 bits per heavy atom. The maximum absolute atomic E-state index is 12.1. The van der Waals surface area contributed by atoms with Crippen molar-refractivity contribution in [2.75, 3.05) is 0 Å². The highest BCUT2D eigenvalue weighted by Crippen LogP contribution is 2.44. The number of carbonyl (C=O) groups excluding carboxylic acids is 1. The molecule has 2 aliphatic rings. The predicted octanol–water partition coefficient (Wildman–Crippen LogP) is 3.26. The summed E-state index contributed by atoms with van der Waals surface area (Å²) in [6.45, 7) is 0. The van der Waals surface area contributed by atoms with Crippen molar-refractivity contribution < 1.29 is 4.79 Å². The van der Waals surface area contributed by atoms with Gasteiger partial charge in [0, 0.05) is 16.6 Å². The molecular weight excluding hydrogens is 234 g/mol. The molecule has 0 bridgehead atoms. The molecule has 0 spiro atoms. The quantitative estimate of drug-likeness (QED) is 0.872. The Morgan fingerprint density at radius 2 is 1.65 bits per heavy atom. The van der Waals surface area contributed by atoms with Crippen LogP contribution in [-0.4, -0.2) is 11.9 Å². The number of amides is 1. The zero-order valence-electron chi connectivity index (χ0n) is 9.66. The monoisotopic (exact) mass is 249 g/mol. The Bertz CT molecular complexity index is 408. The highest BCUT2D eigenvalue weighted by Gasteiger charge is 2.42. The van der Waals surface area contributed by atoms with Gasteiger partial charge in [0.15, 0.2) is 0 Å². The number of rotatable bonds is 4. The molecule has 90 valence electrons. The second kappa shape index (κ2) is 4.34. The van der Waals surface area contributed by atoms with Crippen molar-refractivity contribution in [2.45, 2.75) is 31.7 Å². The Balaban J connectivity index is 1.67. The number of halogens is 1. The van der Waals surface area contributed by atoms with Crippen LogP contribution in [0.2, 0.25) is 5.02 Å². The summed E-state index contributed by atoms with van der Waals surface area (Å²) >= 11 is 5.81. The van der Waals surface area contributed by atoms with Gasteiger partial charge < -0.3 is 5.32 Å². The highest BCUT2D eigenvalue weighted by molar-refractivity contribution is 6.30. The molecule has 2 nitrogen and oxygen atoms in total. The van der Waals surface area contributed by atoms with Crippen LogP contribution in [0.3, 0.4) is 0 Å². The molecule has 3 heteroatoms. The zero-order valence-corrected chi connectivity index (χ0v) is 10.4. The maximum atomic E-state index is 12.1. The lowest BCUT2D eigenvalue weighted by Crippen LogP contribution is -2.38. The summed E-state index contributed by atoms with van der Waals surface area (Å²) < 4.78 is 0. The van der Waals surface area contributed by atoms with E-state index in [0.717, 1.165) is 11.8 Å². The van der Waals surface area contributed by atoms with Crippen LogP contribution < -0.4 is 5.32 Å². The normalized spacial score (nSPS) is 19.4. The summed E-state index contributed by atoms with van der Waals surface area (Å²) in [5, 5.41) is 3.86. The highest BCUT2D eigenvalue weighted by atomic mass is 35.5. The van der Waals surface area contributed by atoms with E-state index >= 15 is 0 Å². The van der Waals surface area contributed by atoms with Crippen LogP contribution in [0.5, 0.6) is 0 Å². The minimum absolute atomic E-state index is 0.0467. The van der Waals surface area contributed by atoms with Crippen molar-refractivity contribution in [1.29, 1.82) is 0 Å². The van der Waals surface area contributed by atoms with Gasteiger partial charge in [-0.3, -0.25) is 4.79 Å². The van der Waals surface area contributed by atoms with Gasteiger partial charge in [0.25, 0.3) is 5.91 Å². The Kier molecular flexibility index (Phi) is 2.83. The average molecular weight is 250 g/mol. The lowest BCUT2D eigenvalue weighted by molar-refractivity contribution is 0.0926. The number of benzene rings is 1. The Labute approximate surface area is 106 Å². The van der Waals surface area contributed by atoms with Gasteiger partial charge in [0.2, 0.25) is 0 Å². The SMILES string of the molecule is O=C(NC(C1CC1)C1CC1)c1ccc(Cl)cc1. The molecule has 0 atom stereocenters. The van der Waals surface area contributed by atoms with E-state index in [9.17, 15) is 4.79 Å². The summed E-state index contributed by atoms with van der Waals surface area (Å²) in [5.74, 6) is 1.52. The Morgan fingerprint density at radius 3 is 2.12 bits per heavy atom. The first-order valence-corrected chi connectivity index (χ1v) is 6.68. The van der Waals surface area contributed by atoms with Gasteiger partial charge in [-0.1, -0.05) is 11.6 Å². The van der Waals surface area contributed by atoms with Gasteiger partial charge in [-0.05, 0) is 61.8 Å². The van der Waals surface area contributed by atoms with Crippen molar-refractivity contribution in [1.82, 2.24) is 5.32 Å². The van der Waals surface area contributed by atoms with Crippen LogP contribution in [0.15, 0.2) is 24.3 Å². The topological polar surface area (TPSA) is 29.1 Å². The smallest absolute Gasteiger partial charge is 0.251 e. The summed E-state index contributed by atoms with van der Waals surface area (Å²) in [6, 6.07) is 7.51. The largest absolute Gasteiger partial charge is 0.349 e. The van der Waals surface area contributed by atoms with Crippen LogP contribution in [0, 0.1) is 11.8 Å². The van der Waals surface area contributed by atoms with Gasteiger partial charge in [0.05, 0.1) is 0 Å². The fourth-order valence-corrected chi connectivity index (χ4v) is 2.49. The standard InChI is InChI=1S/C14H16ClNO/c15-12-7-5-11(6-8-12)14(17)16-13(9-1-2-9)10-3-4-10/h5-10,13H,1-4H2,(H,16,17). The lowest BCUT2D eigenvalue weighted by Gasteiger charge is -2.17. The summed E-state index contributed by atoms with van der Waals surface area (Å²) in [6.07, 6.45) is 5.12. The van der Waals surface area contributed by atoms with Crippen molar-refractivity contribution in [3.05, 3.63) is 34.9 Å². The van der Waals surface area contributed by atoms with E-state index in [4.69, 9.17) is 11.6 Å². The molecule has 3 rings (SSSR count). The average Bonchev–Trinajstić information content (AvgIpc) is 3.17. The molecule has 0 heterocycles. The molecular formula is C14H16ClNO. The maximum Gasteiger partial charge on any atom is 0.251 e. The molecule has 0 aromatic heterocycles. The summed E-state index contributed by atoms with van der Waals surface area (Å²) in [5.41, 5.74) is 0.709. The van der Waals surface area contributed by atoms with Crippen molar-refractivity contribution in [3.63, 3.8) is 0 Å². The van der Waals surface area contributed by atoms with E-state index in [0.29, 0.717) is 16.6 Å². The van der Waals surface area contributed by atoms with Crippen LogP contribution in [0.1, 0.15) is 36.0 Å². The number of nitrogens with one attached hydrogen (secondary N) is 1. The minimum atomic E-state index is 0.0467. The van der Waals surface area contributed by atoms with Crippen LogP contribution >= 0.6 is 11.6 Å². The first-order chi connectivity index (χ1) is 8.24. The van der Waals surface area contributed by atoms with Crippen LogP contribution in [-0.2, 0) is 0 Å². The molecule has 0 saturated heterocycles. The predicted molar refractivity (Wildman–Crippen MR) is 68.2 cm³/mol. The second-order valence-electron chi connectivity index (χ2n) is 5.18. The molecule has 0 unspecified atom stereocenters. The molecule has 1 aromatic carbocycles. The molecule has 2 aliphatic carbocycles. The molecule has 1 aromatic rings. The third-order valence-corrected chi connectivity index (χ3v) is 3.92. The summed E-state index contributed by atoms with van der Waals surface area (Å²) in [4.78, 5) is 12.1. The van der Waals surface area contributed by atoms with Gasteiger partial charge in [0.1, 0.15) is 0 Å². The first-order valence-electron chi connectivity index (χ1n) is 6.30. The molecule has 2 fully saturated rings. The minimum Gasteiger partial charge on any atom is -0.349 e. The fraction of sp³-hybridized carbons (Fsp3) is 0.500. The molecule has 0 aliphatic heterocycles. The molecule has 1 N–H and O–H groups in total. The number of carbonyl (C=O) groups is 1. The molecule has 1 amide bonds. The zero-order chi connectivity index (χ0) is 11.8.